The van der Waals surface area contributed by atoms with E-state index in [9.17, 15) is 19.0 Å². The first kappa shape index (κ1) is 23.0. The molecule has 1 amide bonds. The standard InChI is InChI=1S/C22H26N6O4S/c1-14(2)27-18-8-19(20-4-3-16-7-15(9-23)10-26-28(16)20)24-11-17(18)21(29)25-12-22(30)5-6-33(31,32)13-22/h3-4,7-8,10-11,14,30-32H,5-6,12-13H2,1-2H3,(H,24,27)(H,25,29). The molecule has 0 aliphatic carbocycles. The van der Waals surface area contributed by atoms with Crippen molar-refractivity contribution in [1.29, 1.82) is 5.26 Å². The number of rotatable bonds is 6. The van der Waals surface area contributed by atoms with E-state index >= 15 is 0 Å². The molecule has 174 valence electrons. The molecule has 1 fully saturated rings. The van der Waals surface area contributed by atoms with Gasteiger partial charge in [-0.15, -0.1) is 0 Å². The average molecular weight is 471 g/mol. The fourth-order valence-corrected chi connectivity index (χ4v) is 5.83. The van der Waals surface area contributed by atoms with Gasteiger partial charge >= 0.3 is 0 Å². The molecule has 0 saturated carbocycles. The van der Waals surface area contributed by atoms with Crippen molar-refractivity contribution in [2.75, 3.05) is 23.4 Å². The van der Waals surface area contributed by atoms with Gasteiger partial charge in [0.05, 0.1) is 45.7 Å². The van der Waals surface area contributed by atoms with Gasteiger partial charge in [0.25, 0.3) is 5.91 Å². The van der Waals surface area contributed by atoms with Crippen LogP contribution in [-0.4, -0.2) is 64.4 Å². The van der Waals surface area contributed by atoms with E-state index in [1.54, 1.807) is 16.6 Å². The molecule has 5 N–H and O–H groups in total. The number of anilines is 1. The van der Waals surface area contributed by atoms with Crippen molar-refractivity contribution in [3.05, 3.63) is 47.8 Å². The molecule has 11 heteroatoms. The summed E-state index contributed by atoms with van der Waals surface area (Å²) in [5.74, 6) is -0.438. The van der Waals surface area contributed by atoms with Gasteiger partial charge in [-0.1, -0.05) is 0 Å². The minimum atomic E-state index is -2.80. The lowest BCUT2D eigenvalue weighted by Crippen LogP contribution is -2.43. The van der Waals surface area contributed by atoms with Crippen LogP contribution < -0.4 is 10.6 Å². The molecule has 1 aliphatic rings. The second-order valence-electron chi connectivity index (χ2n) is 8.63. The van der Waals surface area contributed by atoms with Gasteiger partial charge in [0.1, 0.15) is 11.7 Å². The summed E-state index contributed by atoms with van der Waals surface area (Å²) in [6.07, 6.45) is 3.16. The molecule has 3 aromatic rings. The minimum absolute atomic E-state index is 0.0409. The van der Waals surface area contributed by atoms with Gasteiger partial charge in [0.2, 0.25) is 0 Å². The maximum atomic E-state index is 12.9. The molecule has 1 unspecified atom stereocenters. The van der Waals surface area contributed by atoms with Crippen molar-refractivity contribution >= 4 is 27.7 Å². The zero-order valence-corrected chi connectivity index (χ0v) is 19.1. The van der Waals surface area contributed by atoms with Crippen LogP contribution >= 0.6 is 10.6 Å². The Labute approximate surface area is 192 Å². The molecular weight excluding hydrogens is 444 g/mol. The van der Waals surface area contributed by atoms with Crippen LogP contribution in [0.5, 0.6) is 0 Å². The summed E-state index contributed by atoms with van der Waals surface area (Å²) in [6, 6.07) is 9.29. The normalized spacial score (nSPS) is 20.5. The number of hydrogen-bond donors (Lipinski definition) is 5. The van der Waals surface area contributed by atoms with Gasteiger partial charge in [-0.2, -0.15) is 21.0 Å². The van der Waals surface area contributed by atoms with Gasteiger partial charge in [-0.3, -0.25) is 18.9 Å². The Morgan fingerprint density at radius 1 is 1.33 bits per heavy atom. The maximum absolute atomic E-state index is 12.9. The maximum Gasteiger partial charge on any atom is 0.255 e. The third-order valence-corrected chi connectivity index (χ3v) is 7.31. The third-order valence-electron chi connectivity index (χ3n) is 5.46. The number of nitrogens with zero attached hydrogens (tertiary/aromatic N) is 4. The number of carbonyl (C=O) groups is 1. The SMILES string of the molecule is CC(C)Nc1cc(-c2ccc3cc(C#N)cnn23)ncc1C(=O)NCC1(O)CCS(O)(O)C1. The Morgan fingerprint density at radius 3 is 2.79 bits per heavy atom. The topological polar surface area (TPSA) is 156 Å². The number of nitrogens with one attached hydrogen (secondary N) is 2. The zero-order valence-electron chi connectivity index (χ0n) is 18.3. The van der Waals surface area contributed by atoms with E-state index in [0.717, 1.165) is 5.52 Å². The second kappa shape index (κ2) is 8.64. The molecule has 0 spiro atoms. The van der Waals surface area contributed by atoms with Crippen molar-refractivity contribution in [2.24, 2.45) is 0 Å². The lowest BCUT2D eigenvalue weighted by Gasteiger charge is -2.29. The highest BCUT2D eigenvalue weighted by atomic mass is 32.3. The van der Waals surface area contributed by atoms with Crippen LogP contribution in [0.25, 0.3) is 16.9 Å². The number of aliphatic hydroxyl groups is 1. The zero-order chi connectivity index (χ0) is 23.8. The van der Waals surface area contributed by atoms with Crippen LogP contribution in [0.2, 0.25) is 0 Å². The van der Waals surface area contributed by atoms with E-state index < -0.39 is 22.1 Å². The van der Waals surface area contributed by atoms with Crippen LogP contribution in [-0.2, 0) is 0 Å². The molecule has 1 aliphatic heterocycles. The number of amides is 1. The number of carbonyl (C=O) groups excluding carboxylic acids is 1. The first-order valence-electron chi connectivity index (χ1n) is 10.5. The van der Waals surface area contributed by atoms with Crippen molar-refractivity contribution in [3.8, 4) is 17.5 Å². The van der Waals surface area contributed by atoms with Crippen LogP contribution in [0.4, 0.5) is 5.69 Å². The van der Waals surface area contributed by atoms with Gasteiger partial charge in [-0.05, 0) is 44.5 Å². The quantitative estimate of drug-likeness (QED) is 0.368. The molecule has 1 atom stereocenters. The Kier molecular flexibility index (Phi) is 6.02. The van der Waals surface area contributed by atoms with E-state index in [0.29, 0.717) is 28.2 Å². The number of pyridine rings is 1. The van der Waals surface area contributed by atoms with E-state index in [4.69, 9.17) is 5.26 Å². The molecule has 10 nitrogen and oxygen atoms in total. The van der Waals surface area contributed by atoms with Crippen LogP contribution in [0, 0.1) is 11.3 Å². The Bertz CT molecular complexity index is 1250. The number of nitriles is 1. The third kappa shape index (κ3) is 4.94. The Hall–Kier alpha value is -3.17. The van der Waals surface area contributed by atoms with Crippen molar-refractivity contribution < 1.29 is 19.0 Å². The van der Waals surface area contributed by atoms with E-state index in [1.165, 1.54) is 12.4 Å². The first-order valence-corrected chi connectivity index (χ1v) is 12.4. The predicted octanol–water partition coefficient (Wildman–Crippen LogP) is 2.70. The molecule has 0 radical (unpaired) electrons. The molecule has 3 aromatic heterocycles. The highest BCUT2D eigenvalue weighted by molar-refractivity contribution is 8.24. The van der Waals surface area contributed by atoms with Crippen molar-refractivity contribution in [1.82, 2.24) is 19.9 Å². The summed E-state index contributed by atoms with van der Waals surface area (Å²) in [5, 5.41) is 29.9. The number of aromatic nitrogens is 3. The van der Waals surface area contributed by atoms with Crippen LogP contribution in [0.15, 0.2) is 36.7 Å². The summed E-state index contributed by atoms with van der Waals surface area (Å²) in [7, 11) is -2.80. The summed E-state index contributed by atoms with van der Waals surface area (Å²) in [4.78, 5) is 17.4. The molecular formula is C22H26N6O4S. The Morgan fingerprint density at radius 2 is 2.12 bits per heavy atom. The smallest absolute Gasteiger partial charge is 0.255 e. The van der Waals surface area contributed by atoms with Crippen molar-refractivity contribution in [2.45, 2.75) is 31.9 Å². The highest BCUT2D eigenvalue weighted by Crippen LogP contribution is 2.49. The monoisotopic (exact) mass is 470 g/mol. The largest absolute Gasteiger partial charge is 0.386 e. The summed E-state index contributed by atoms with van der Waals surface area (Å²) in [5.41, 5.74) is 2.04. The molecule has 0 aromatic carbocycles. The Balaban J connectivity index is 1.61. The molecule has 1 saturated heterocycles. The van der Waals surface area contributed by atoms with Gasteiger partial charge in [0.15, 0.2) is 0 Å². The number of fused-ring (bicyclic) bond motifs is 1. The average Bonchev–Trinajstić information content (AvgIpc) is 3.31. The summed E-state index contributed by atoms with van der Waals surface area (Å²) < 4.78 is 21.3. The highest BCUT2D eigenvalue weighted by Gasteiger charge is 2.40. The minimum Gasteiger partial charge on any atom is -0.386 e. The second-order valence-corrected chi connectivity index (χ2v) is 10.9. The molecule has 0 bridgehead atoms. The van der Waals surface area contributed by atoms with Crippen molar-refractivity contribution in [3.63, 3.8) is 0 Å². The fourth-order valence-electron chi connectivity index (χ4n) is 3.87. The molecule has 4 rings (SSSR count). The van der Waals surface area contributed by atoms with E-state index in [2.05, 4.69) is 26.8 Å². The first-order chi connectivity index (χ1) is 15.6. The summed E-state index contributed by atoms with van der Waals surface area (Å²) in [6.45, 7) is 3.82. The predicted molar refractivity (Wildman–Crippen MR) is 126 cm³/mol. The van der Waals surface area contributed by atoms with Gasteiger partial charge in [0, 0.05) is 24.5 Å². The molecule has 33 heavy (non-hydrogen) atoms. The van der Waals surface area contributed by atoms with Gasteiger partial charge < -0.3 is 15.7 Å². The lowest BCUT2D eigenvalue weighted by atomic mass is 10.0. The van der Waals surface area contributed by atoms with Crippen LogP contribution in [0.3, 0.4) is 0 Å². The number of hydrogen-bond acceptors (Lipinski definition) is 8. The fraction of sp³-hybridized carbons (Fsp3) is 0.364. The lowest BCUT2D eigenvalue weighted by molar-refractivity contribution is 0.0605. The van der Waals surface area contributed by atoms with E-state index in [1.807, 2.05) is 26.0 Å². The van der Waals surface area contributed by atoms with Crippen LogP contribution in [0.1, 0.15) is 36.2 Å². The molecule has 4 heterocycles. The van der Waals surface area contributed by atoms with Gasteiger partial charge in [-0.25, -0.2) is 4.52 Å². The summed E-state index contributed by atoms with van der Waals surface area (Å²) >= 11 is 0. The van der Waals surface area contributed by atoms with E-state index in [-0.39, 0.29) is 30.5 Å².